The van der Waals surface area contributed by atoms with Crippen LogP contribution in [0.3, 0.4) is 0 Å². The van der Waals surface area contributed by atoms with E-state index in [2.05, 4.69) is 20.2 Å². The summed E-state index contributed by atoms with van der Waals surface area (Å²) in [5.74, 6) is 0.757. The van der Waals surface area contributed by atoms with E-state index in [0.29, 0.717) is 12.6 Å². The lowest BCUT2D eigenvalue weighted by Gasteiger charge is -2.32. The number of aromatic nitrogens is 2. The van der Waals surface area contributed by atoms with Crippen molar-refractivity contribution in [1.82, 2.24) is 15.3 Å². The maximum absolute atomic E-state index is 6.04. The number of hydrogen-bond acceptors (Lipinski definition) is 7. The van der Waals surface area contributed by atoms with Gasteiger partial charge in [-0.25, -0.2) is 9.97 Å². The Morgan fingerprint density at radius 1 is 1.25 bits per heavy atom. The molecule has 2 aliphatic heterocycles. The first kappa shape index (κ1) is 17.6. The van der Waals surface area contributed by atoms with Gasteiger partial charge in [-0.1, -0.05) is 0 Å². The standard InChI is InChI=1S/C16H28BN5O2/c1-15(2)16(3,4)24-17(23-15)12-9-20-14(21-10-12)22-8-5-13(11-22)19-7-6-18/h9-10,13,19H,5-8,11,18H2,1-4H3/t13-/m0/s1. The van der Waals surface area contributed by atoms with Gasteiger partial charge in [0, 0.05) is 50.1 Å². The van der Waals surface area contributed by atoms with Gasteiger partial charge < -0.3 is 25.3 Å². The molecule has 0 unspecified atom stereocenters. The summed E-state index contributed by atoms with van der Waals surface area (Å²) in [6.07, 6.45) is 4.71. The van der Waals surface area contributed by atoms with Gasteiger partial charge in [0.2, 0.25) is 5.95 Å². The first-order valence-corrected chi connectivity index (χ1v) is 8.68. The Bertz CT molecular complexity index is 550. The highest BCUT2D eigenvalue weighted by Crippen LogP contribution is 2.36. The van der Waals surface area contributed by atoms with Crippen LogP contribution in [0.1, 0.15) is 34.1 Å². The smallest absolute Gasteiger partial charge is 0.399 e. The quantitative estimate of drug-likeness (QED) is 0.728. The minimum absolute atomic E-state index is 0.354. The molecule has 0 bridgehead atoms. The molecule has 3 N–H and O–H groups in total. The fourth-order valence-corrected chi connectivity index (χ4v) is 2.99. The summed E-state index contributed by atoms with van der Waals surface area (Å²) in [5, 5.41) is 3.44. The first-order chi connectivity index (χ1) is 11.3. The van der Waals surface area contributed by atoms with Gasteiger partial charge >= 0.3 is 7.12 Å². The SMILES string of the molecule is CC1(C)OB(c2cnc(N3CC[C@H](NCCN)C3)nc2)OC1(C)C. The largest absolute Gasteiger partial charge is 0.498 e. The van der Waals surface area contributed by atoms with E-state index in [0.717, 1.165) is 37.5 Å². The normalized spacial score (nSPS) is 25.5. The second-order valence-corrected chi connectivity index (χ2v) is 7.58. The molecule has 0 amide bonds. The van der Waals surface area contributed by atoms with Crippen molar-refractivity contribution in [2.45, 2.75) is 51.4 Å². The molecule has 3 heterocycles. The molecule has 0 spiro atoms. The van der Waals surface area contributed by atoms with Crippen LogP contribution in [-0.2, 0) is 9.31 Å². The van der Waals surface area contributed by atoms with Crippen molar-refractivity contribution in [1.29, 1.82) is 0 Å². The maximum atomic E-state index is 6.04. The molecule has 1 aromatic heterocycles. The van der Waals surface area contributed by atoms with Crippen molar-refractivity contribution < 1.29 is 9.31 Å². The number of hydrogen-bond donors (Lipinski definition) is 2. The van der Waals surface area contributed by atoms with E-state index >= 15 is 0 Å². The van der Waals surface area contributed by atoms with Crippen LogP contribution in [0, 0.1) is 0 Å². The third kappa shape index (κ3) is 3.42. The molecular weight excluding hydrogens is 305 g/mol. The molecule has 2 aliphatic rings. The second kappa shape index (κ2) is 6.59. The highest BCUT2D eigenvalue weighted by molar-refractivity contribution is 6.61. The second-order valence-electron chi connectivity index (χ2n) is 7.58. The number of nitrogens with zero attached hydrogens (tertiary/aromatic N) is 3. The fraction of sp³-hybridized carbons (Fsp3) is 0.750. The highest BCUT2D eigenvalue weighted by Gasteiger charge is 2.52. The van der Waals surface area contributed by atoms with Crippen LogP contribution in [0.15, 0.2) is 12.4 Å². The topological polar surface area (TPSA) is 85.5 Å². The van der Waals surface area contributed by atoms with E-state index < -0.39 is 7.12 Å². The summed E-state index contributed by atoms with van der Waals surface area (Å²) in [6, 6.07) is 0.458. The Morgan fingerprint density at radius 3 is 2.46 bits per heavy atom. The third-order valence-electron chi connectivity index (χ3n) is 5.23. The first-order valence-electron chi connectivity index (χ1n) is 8.68. The van der Waals surface area contributed by atoms with E-state index in [-0.39, 0.29) is 11.2 Å². The van der Waals surface area contributed by atoms with Crippen LogP contribution in [0.4, 0.5) is 5.95 Å². The van der Waals surface area contributed by atoms with Gasteiger partial charge in [0.1, 0.15) is 0 Å². The lowest BCUT2D eigenvalue weighted by atomic mass is 9.81. The lowest BCUT2D eigenvalue weighted by molar-refractivity contribution is 0.00578. The van der Waals surface area contributed by atoms with Crippen molar-refractivity contribution in [2.24, 2.45) is 5.73 Å². The van der Waals surface area contributed by atoms with Gasteiger partial charge in [0.15, 0.2) is 0 Å². The average molecular weight is 333 g/mol. The van der Waals surface area contributed by atoms with E-state index in [9.17, 15) is 0 Å². The van der Waals surface area contributed by atoms with Gasteiger partial charge in [-0.05, 0) is 34.1 Å². The van der Waals surface area contributed by atoms with E-state index in [1.165, 1.54) is 0 Å². The van der Waals surface area contributed by atoms with Crippen LogP contribution in [0.25, 0.3) is 0 Å². The molecule has 0 aliphatic carbocycles. The summed E-state index contributed by atoms with van der Waals surface area (Å²) in [7, 11) is -0.415. The molecule has 8 heteroatoms. The predicted octanol–water partition coefficient (Wildman–Crippen LogP) is -0.0972. The van der Waals surface area contributed by atoms with Crippen molar-refractivity contribution >= 4 is 18.5 Å². The van der Waals surface area contributed by atoms with Gasteiger partial charge in [-0.2, -0.15) is 0 Å². The Labute approximate surface area is 144 Å². The summed E-state index contributed by atoms with van der Waals surface area (Å²) < 4.78 is 12.1. The van der Waals surface area contributed by atoms with Crippen molar-refractivity contribution in [3.8, 4) is 0 Å². The van der Waals surface area contributed by atoms with Gasteiger partial charge in [-0.15, -0.1) is 0 Å². The fourth-order valence-electron chi connectivity index (χ4n) is 2.99. The summed E-state index contributed by atoms with van der Waals surface area (Å²) in [6.45, 7) is 11.5. The van der Waals surface area contributed by atoms with Crippen LogP contribution >= 0.6 is 0 Å². The predicted molar refractivity (Wildman–Crippen MR) is 95.4 cm³/mol. The molecule has 1 atom stereocenters. The molecule has 3 rings (SSSR count). The maximum Gasteiger partial charge on any atom is 0.498 e. The van der Waals surface area contributed by atoms with E-state index in [4.69, 9.17) is 15.0 Å². The summed E-state index contributed by atoms with van der Waals surface area (Å²) in [4.78, 5) is 11.2. The Morgan fingerprint density at radius 2 is 1.88 bits per heavy atom. The Hall–Kier alpha value is -1.22. The van der Waals surface area contributed by atoms with Crippen LogP contribution in [0.5, 0.6) is 0 Å². The molecule has 0 radical (unpaired) electrons. The van der Waals surface area contributed by atoms with Crippen molar-refractivity contribution in [2.75, 3.05) is 31.1 Å². The molecular formula is C16H28BN5O2. The molecule has 1 aromatic rings. The van der Waals surface area contributed by atoms with Gasteiger partial charge in [0.05, 0.1) is 11.2 Å². The number of anilines is 1. The van der Waals surface area contributed by atoms with E-state index in [1.54, 1.807) is 0 Å². The van der Waals surface area contributed by atoms with Gasteiger partial charge in [-0.3, -0.25) is 0 Å². The molecule has 2 saturated heterocycles. The molecule has 24 heavy (non-hydrogen) atoms. The lowest BCUT2D eigenvalue weighted by Crippen LogP contribution is -2.41. The zero-order valence-corrected chi connectivity index (χ0v) is 15.1. The molecule has 2 fully saturated rings. The Kier molecular flexibility index (Phi) is 4.83. The van der Waals surface area contributed by atoms with Gasteiger partial charge in [0.25, 0.3) is 0 Å². The molecule has 132 valence electrons. The van der Waals surface area contributed by atoms with Crippen LogP contribution in [-0.4, -0.2) is 60.5 Å². The van der Waals surface area contributed by atoms with Crippen molar-refractivity contribution in [3.63, 3.8) is 0 Å². The number of nitrogens with one attached hydrogen (secondary N) is 1. The number of nitrogens with two attached hydrogens (primary N) is 1. The average Bonchev–Trinajstić information content (AvgIpc) is 3.08. The molecule has 7 nitrogen and oxygen atoms in total. The zero-order valence-electron chi connectivity index (χ0n) is 15.1. The van der Waals surface area contributed by atoms with Crippen molar-refractivity contribution in [3.05, 3.63) is 12.4 Å². The third-order valence-corrected chi connectivity index (χ3v) is 5.23. The monoisotopic (exact) mass is 333 g/mol. The van der Waals surface area contributed by atoms with Crippen LogP contribution < -0.4 is 21.4 Å². The van der Waals surface area contributed by atoms with E-state index in [1.807, 2.05) is 40.1 Å². The number of rotatable bonds is 5. The zero-order chi connectivity index (χ0) is 17.4. The minimum Gasteiger partial charge on any atom is -0.399 e. The summed E-state index contributed by atoms with van der Waals surface area (Å²) >= 11 is 0. The molecule has 0 aromatic carbocycles. The minimum atomic E-state index is -0.415. The highest BCUT2D eigenvalue weighted by atomic mass is 16.7. The Balaban J connectivity index is 1.63. The summed E-state index contributed by atoms with van der Waals surface area (Å²) in [5.41, 5.74) is 5.69. The molecule has 0 saturated carbocycles. The van der Waals surface area contributed by atoms with Crippen LogP contribution in [0.2, 0.25) is 0 Å².